The first-order valence-corrected chi connectivity index (χ1v) is 6.95. The van der Waals surface area contributed by atoms with Crippen molar-refractivity contribution in [3.8, 4) is 0 Å². The lowest BCUT2D eigenvalue weighted by Crippen LogP contribution is -2.35. The van der Waals surface area contributed by atoms with E-state index in [2.05, 4.69) is 26.2 Å². The minimum atomic E-state index is -4.31. The Balaban J connectivity index is 2.72. The quantitative estimate of drug-likeness (QED) is 0.834. The molecule has 3 nitrogen and oxygen atoms in total. The molecular weight excluding hydrogens is 337 g/mol. The molecule has 0 spiro atoms. The van der Waals surface area contributed by atoms with E-state index in [1.165, 1.54) is 6.20 Å². The first-order chi connectivity index (χ1) is 9.19. The summed E-state index contributed by atoms with van der Waals surface area (Å²) in [5, 5.41) is 2.95. The van der Waals surface area contributed by atoms with Gasteiger partial charge in [0.1, 0.15) is 0 Å². The molecule has 0 aliphatic rings. The molecule has 0 radical (unpaired) electrons. The molecule has 1 N–H and O–H groups in total. The van der Waals surface area contributed by atoms with E-state index in [-0.39, 0.29) is 5.92 Å². The summed E-state index contributed by atoms with van der Waals surface area (Å²) in [6, 6.07) is 1.06. The number of carbonyl (C=O) groups is 1. The van der Waals surface area contributed by atoms with E-state index in [1.54, 1.807) is 26.1 Å². The van der Waals surface area contributed by atoms with E-state index in [4.69, 9.17) is 0 Å². The van der Waals surface area contributed by atoms with Crippen LogP contribution in [0.15, 0.2) is 22.9 Å². The standard InChI is InChI=1S/C13H16BrF3N2O/c1-8(2)12(11(20)3-4-13(15,16)17)19-10-5-9(14)6-18-7-10/h5-8,12,19H,3-4H2,1-2H3. The van der Waals surface area contributed by atoms with Gasteiger partial charge in [0.25, 0.3) is 0 Å². The van der Waals surface area contributed by atoms with Crippen molar-refractivity contribution in [2.45, 2.75) is 38.9 Å². The molecule has 1 heterocycles. The molecule has 7 heteroatoms. The Labute approximate surface area is 124 Å². The topological polar surface area (TPSA) is 42.0 Å². The predicted octanol–water partition coefficient (Wildman–Crippen LogP) is 4.19. The summed E-state index contributed by atoms with van der Waals surface area (Å²) in [5.74, 6) is -0.563. The number of Topliss-reactive ketones (excluding diaryl/α,β-unsaturated/α-hetero) is 1. The van der Waals surface area contributed by atoms with Crippen molar-refractivity contribution in [3.63, 3.8) is 0 Å². The normalized spacial score (nSPS) is 13.3. The van der Waals surface area contributed by atoms with Gasteiger partial charge in [-0.3, -0.25) is 9.78 Å². The lowest BCUT2D eigenvalue weighted by Gasteiger charge is -2.22. The molecule has 1 aromatic rings. The van der Waals surface area contributed by atoms with Crippen LogP contribution < -0.4 is 5.32 Å². The lowest BCUT2D eigenvalue weighted by molar-refractivity contribution is -0.143. The van der Waals surface area contributed by atoms with Crippen molar-refractivity contribution >= 4 is 27.4 Å². The second kappa shape index (κ2) is 7.06. The molecule has 1 unspecified atom stereocenters. The number of carbonyl (C=O) groups excluding carboxylic acids is 1. The zero-order valence-corrected chi connectivity index (χ0v) is 12.8. The van der Waals surface area contributed by atoms with Gasteiger partial charge in [0, 0.05) is 17.1 Å². The number of hydrogen-bond acceptors (Lipinski definition) is 3. The molecule has 1 rings (SSSR count). The minimum Gasteiger partial charge on any atom is -0.374 e. The summed E-state index contributed by atoms with van der Waals surface area (Å²) in [6.45, 7) is 3.57. The number of nitrogens with one attached hydrogen (secondary N) is 1. The van der Waals surface area contributed by atoms with Crippen LogP contribution in [-0.4, -0.2) is 23.0 Å². The molecule has 20 heavy (non-hydrogen) atoms. The van der Waals surface area contributed by atoms with Gasteiger partial charge in [-0.2, -0.15) is 13.2 Å². The average molecular weight is 353 g/mol. The molecule has 0 saturated heterocycles. The first kappa shape index (κ1) is 16.9. The minimum absolute atomic E-state index is 0.116. The van der Waals surface area contributed by atoms with E-state index in [0.717, 1.165) is 4.47 Å². The van der Waals surface area contributed by atoms with E-state index in [9.17, 15) is 18.0 Å². The number of nitrogens with zero attached hydrogens (tertiary/aromatic N) is 1. The zero-order chi connectivity index (χ0) is 15.3. The molecule has 0 amide bonds. The first-order valence-electron chi connectivity index (χ1n) is 6.15. The summed E-state index contributed by atoms with van der Waals surface area (Å²) in [4.78, 5) is 15.9. The van der Waals surface area contributed by atoms with Gasteiger partial charge in [0.2, 0.25) is 0 Å². The van der Waals surface area contributed by atoms with E-state index >= 15 is 0 Å². The number of ketones is 1. The van der Waals surface area contributed by atoms with Gasteiger partial charge >= 0.3 is 6.18 Å². The van der Waals surface area contributed by atoms with Crippen molar-refractivity contribution in [2.24, 2.45) is 5.92 Å². The molecule has 0 aliphatic heterocycles. The highest BCUT2D eigenvalue weighted by Gasteiger charge is 2.30. The maximum atomic E-state index is 12.2. The van der Waals surface area contributed by atoms with Crippen LogP contribution in [0, 0.1) is 5.92 Å². The fourth-order valence-corrected chi connectivity index (χ4v) is 2.07. The van der Waals surface area contributed by atoms with Crippen molar-refractivity contribution in [2.75, 3.05) is 5.32 Å². The molecule has 112 valence electrons. The number of halogens is 4. The predicted molar refractivity (Wildman–Crippen MR) is 74.5 cm³/mol. The van der Waals surface area contributed by atoms with Crippen LogP contribution in [0.25, 0.3) is 0 Å². The highest BCUT2D eigenvalue weighted by molar-refractivity contribution is 9.10. The van der Waals surface area contributed by atoms with Gasteiger partial charge in [-0.15, -0.1) is 0 Å². The van der Waals surface area contributed by atoms with Crippen LogP contribution in [0.5, 0.6) is 0 Å². The van der Waals surface area contributed by atoms with Crippen LogP contribution in [0.1, 0.15) is 26.7 Å². The smallest absolute Gasteiger partial charge is 0.374 e. The van der Waals surface area contributed by atoms with Crippen LogP contribution in [-0.2, 0) is 4.79 Å². The largest absolute Gasteiger partial charge is 0.389 e. The number of alkyl halides is 3. The van der Waals surface area contributed by atoms with Crippen molar-refractivity contribution in [1.29, 1.82) is 0 Å². The van der Waals surface area contributed by atoms with E-state index < -0.39 is 30.8 Å². The third-order valence-corrected chi connectivity index (χ3v) is 3.13. The van der Waals surface area contributed by atoms with Crippen LogP contribution in [0.2, 0.25) is 0 Å². The summed E-state index contributed by atoms with van der Waals surface area (Å²) < 4.78 is 37.2. The molecule has 1 atom stereocenters. The van der Waals surface area contributed by atoms with Crippen LogP contribution in [0.4, 0.5) is 18.9 Å². The third-order valence-electron chi connectivity index (χ3n) is 2.70. The lowest BCUT2D eigenvalue weighted by atomic mass is 9.96. The maximum absolute atomic E-state index is 12.2. The fraction of sp³-hybridized carbons (Fsp3) is 0.538. The Morgan fingerprint density at radius 3 is 2.55 bits per heavy atom. The van der Waals surface area contributed by atoms with Gasteiger partial charge in [-0.25, -0.2) is 0 Å². The van der Waals surface area contributed by atoms with Crippen LogP contribution in [0.3, 0.4) is 0 Å². The average Bonchev–Trinajstić information content (AvgIpc) is 2.32. The highest BCUT2D eigenvalue weighted by Crippen LogP contribution is 2.24. The SMILES string of the molecule is CC(C)C(Nc1cncc(Br)c1)C(=O)CCC(F)(F)F. The number of aromatic nitrogens is 1. The second-order valence-corrected chi connectivity index (χ2v) is 5.76. The van der Waals surface area contributed by atoms with Gasteiger partial charge in [0.15, 0.2) is 5.78 Å². The molecule has 0 aliphatic carbocycles. The van der Waals surface area contributed by atoms with E-state index in [0.29, 0.717) is 5.69 Å². The number of hydrogen-bond donors (Lipinski definition) is 1. The van der Waals surface area contributed by atoms with E-state index in [1.807, 2.05) is 0 Å². The Morgan fingerprint density at radius 2 is 2.05 bits per heavy atom. The van der Waals surface area contributed by atoms with Crippen molar-refractivity contribution in [3.05, 3.63) is 22.9 Å². The molecule has 0 fully saturated rings. The van der Waals surface area contributed by atoms with Gasteiger partial charge < -0.3 is 5.32 Å². The van der Waals surface area contributed by atoms with Gasteiger partial charge in [-0.05, 0) is 27.9 Å². The summed E-state index contributed by atoms with van der Waals surface area (Å²) in [6.07, 6.45) is -2.80. The Hall–Kier alpha value is -1.11. The van der Waals surface area contributed by atoms with Gasteiger partial charge in [-0.1, -0.05) is 13.8 Å². The highest BCUT2D eigenvalue weighted by atomic mass is 79.9. The summed E-state index contributed by atoms with van der Waals surface area (Å²) in [5.41, 5.74) is 0.596. The Morgan fingerprint density at radius 1 is 1.40 bits per heavy atom. The molecule has 0 bridgehead atoms. The number of anilines is 1. The molecule has 0 aromatic carbocycles. The maximum Gasteiger partial charge on any atom is 0.389 e. The summed E-state index contributed by atoms with van der Waals surface area (Å²) in [7, 11) is 0. The van der Waals surface area contributed by atoms with Crippen molar-refractivity contribution < 1.29 is 18.0 Å². The van der Waals surface area contributed by atoms with Gasteiger partial charge in [0.05, 0.1) is 24.3 Å². The monoisotopic (exact) mass is 352 g/mol. The number of pyridine rings is 1. The fourth-order valence-electron chi connectivity index (χ4n) is 1.71. The molecule has 0 saturated carbocycles. The zero-order valence-electron chi connectivity index (χ0n) is 11.2. The van der Waals surface area contributed by atoms with Crippen LogP contribution >= 0.6 is 15.9 Å². The Kier molecular flexibility index (Phi) is 5.98. The number of rotatable bonds is 6. The third kappa shape index (κ3) is 5.90. The summed E-state index contributed by atoms with van der Waals surface area (Å²) >= 11 is 3.25. The second-order valence-electron chi connectivity index (χ2n) is 4.84. The van der Waals surface area contributed by atoms with Crippen molar-refractivity contribution in [1.82, 2.24) is 4.98 Å². The molecular formula is C13H16BrF3N2O. The molecule has 1 aromatic heterocycles. The Bertz CT molecular complexity index is 463.